The van der Waals surface area contributed by atoms with Crippen LogP contribution in [0.25, 0.3) is 0 Å². The minimum absolute atomic E-state index is 0.0117. The number of urea groups is 1. The summed E-state index contributed by atoms with van der Waals surface area (Å²) in [7, 11) is 1.62. The van der Waals surface area contributed by atoms with Crippen LogP contribution in [0, 0.1) is 0 Å². The largest absolute Gasteiger partial charge is 0.380 e. The van der Waals surface area contributed by atoms with Crippen molar-refractivity contribution in [3.05, 3.63) is 16.1 Å². The molecule has 0 fully saturated rings. The SMILES string of the molecule is CCc1cnc([C@@H](C)NC(=O)NC[C@@H](C)OC)s1. The first kappa shape index (κ1) is 14.9. The molecule has 0 aliphatic rings. The van der Waals surface area contributed by atoms with E-state index >= 15 is 0 Å². The Balaban J connectivity index is 2.39. The fraction of sp³-hybridized carbons (Fsp3) is 0.667. The van der Waals surface area contributed by atoms with Gasteiger partial charge in [0.2, 0.25) is 0 Å². The van der Waals surface area contributed by atoms with E-state index in [1.54, 1.807) is 18.4 Å². The first-order chi connectivity index (χ1) is 8.56. The zero-order valence-electron chi connectivity index (χ0n) is 11.3. The molecule has 0 aromatic carbocycles. The van der Waals surface area contributed by atoms with Crippen molar-refractivity contribution >= 4 is 17.4 Å². The Bertz CT molecular complexity index is 381. The van der Waals surface area contributed by atoms with Gasteiger partial charge < -0.3 is 15.4 Å². The van der Waals surface area contributed by atoms with Gasteiger partial charge >= 0.3 is 6.03 Å². The van der Waals surface area contributed by atoms with Gasteiger partial charge in [-0.3, -0.25) is 0 Å². The van der Waals surface area contributed by atoms with Crippen LogP contribution in [0.4, 0.5) is 4.79 Å². The van der Waals surface area contributed by atoms with E-state index in [1.165, 1.54) is 4.88 Å². The third kappa shape index (κ3) is 4.62. The summed E-state index contributed by atoms with van der Waals surface area (Å²) in [6.07, 6.45) is 2.85. The summed E-state index contributed by atoms with van der Waals surface area (Å²) in [4.78, 5) is 17.2. The molecule has 0 aliphatic carbocycles. The molecule has 0 unspecified atom stereocenters. The highest BCUT2D eigenvalue weighted by Gasteiger charge is 2.13. The van der Waals surface area contributed by atoms with E-state index in [4.69, 9.17) is 4.74 Å². The molecule has 102 valence electrons. The summed E-state index contributed by atoms with van der Waals surface area (Å²) in [6, 6.07) is -0.271. The van der Waals surface area contributed by atoms with Crippen molar-refractivity contribution < 1.29 is 9.53 Å². The average Bonchev–Trinajstić information content (AvgIpc) is 2.84. The van der Waals surface area contributed by atoms with Gasteiger partial charge in [0.05, 0.1) is 12.1 Å². The summed E-state index contributed by atoms with van der Waals surface area (Å²) >= 11 is 1.63. The topological polar surface area (TPSA) is 63.2 Å². The maximum Gasteiger partial charge on any atom is 0.315 e. The maximum absolute atomic E-state index is 11.6. The van der Waals surface area contributed by atoms with Crippen molar-refractivity contribution in [1.29, 1.82) is 0 Å². The first-order valence-corrected chi connectivity index (χ1v) is 6.90. The standard InChI is InChI=1S/C12H21N3O2S/c1-5-10-7-13-11(18-10)9(3)15-12(16)14-6-8(2)17-4/h7-9H,5-6H2,1-4H3,(H2,14,15,16)/t8-,9-/m1/s1. The highest BCUT2D eigenvalue weighted by molar-refractivity contribution is 7.11. The molecule has 0 bridgehead atoms. The Morgan fingerprint density at radius 3 is 2.83 bits per heavy atom. The highest BCUT2D eigenvalue weighted by Crippen LogP contribution is 2.19. The molecule has 1 rings (SSSR count). The monoisotopic (exact) mass is 271 g/mol. The molecule has 0 spiro atoms. The number of methoxy groups -OCH3 is 1. The Hall–Kier alpha value is -1.14. The number of thiazole rings is 1. The molecular formula is C12H21N3O2S. The fourth-order valence-electron chi connectivity index (χ4n) is 1.32. The summed E-state index contributed by atoms with van der Waals surface area (Å²) in [5.74, 6) is 0. The molecule has 0 saturated carbocycles. The van der Waals surface area contributed by atoms with Gasteiger partial charge in [0.15, 0.2) is 0 Å². The number of rotatable bonds is 6. The van der Waals surface area contributed by atoms with Crippen LogP contribution >= 0.6 is 11.3 Å². The normalized spacial score (nSPS) is 14.0. The molecule has 0 aliphatic heterocycles. The predicted octanol–water partition coefficient (Wildman–Crippen LogP) is 2.10. The van der Waals surface area contributed by atoms with Gasteiger partial charge in [0.25, 0.3) is 0 Å². The average molecular weight is 271 g/mol. The molecule has 6 heteroatoms. The van der Waals surface area contributed by atoms with Crippen molar-refractivity contribution in [1.82, 2.24) is 15.6 Å². The quantitative estimate of drug-likeness (QED) is 0.833. The van der Waals surface area contributed by atoms with E-state index < -0.39 is 0 Å². The van der Waals surface area contributed by atoms with Crippen molar-refractivity contribution in [2.45, 2.75) is 39.3 Å². The van der Waals surface area contributed by atoms with Crippen LogP contribution < -0.4 is 10.6 Å². The Morgan fingerprint density at radius 2 is 2.28 bits per heavy atom. The Kier molecular flexibility index (Phi) is 6.07. The van der Waals surface area contributed by atoms with Crippen molar-refractivity contribution in [3.63, 3.8) is 0 Å². The van der Waals surface area contributed by atoms with Crippen molar-refractivity contribution in [2.24, 2.45) is 0 Å². The summed E-state index contributed by atoms with van der Waals surface area (Å²) in [5.41, 5.74) is 0. The Labute approximate surface area is 112 Å². The molecule has 0 radical (unpaired) electrons. The molecule has 1 heterocycles. The van der Waals surface area contributed by atoms with Gasteiger partial charge in [-0.25, -0.2) is 9.78 Å². The number of nitrogens with one attached hydrogen (secondary N) is 2. The van der Waals surface area contributed by atoms with Crippen molar-refractivity contribution in [2.75, 3.05) is 13.7 Å². The van der Waals surface area contributed by atoms with Gasteiger partial charge in [0, 0.05) is 24.7 Å². The highest BCUT2D eigenvalue weighted by atomic mass is 32.1. The predicted molar refractivity (Wildman–Crippen MR) is 72.9 cm³/mol. The van der Waals surface area contributed by atoms with Crippen LogP contribution in [-0.2, 0) is 11.2 Å². The van der Waals surface area contributed by atoms with Gasteiger partial charge in [-0.1, -0.05) is 6.92 Å². The van der Waals surface area contributed by atoms with Gasteiger partial charge in [-0.15, -0.1) is 11.3 Å². The smallest absolute Gasteiger partial charge is 0.315 e. The van der Waals surface area contributed by atoms with E-state index in [1.807, 2.05) is 20.0 Å². The second-order valence-corrected chi connectivity index (χ2v) is 5.29. The molecule has 5 nitrogen and oxygen atoms in total. The zero-order chi connectivity index (χ0) is 13.5. The molecule has 18 heavy (non-hydrogen) atoms. The van der Waals surface area contributed by atoms with Crippen LogP contribution in [0.3, 0.4) is 0 Å². The van der Waals surface area contributed by atoms with Gasteiger partial charge in [-0.05, 0) is 20.3 Å². The number of ether oxygens (including phenoxy) is 1. The van der Waals surface area contributed by atoms with Crippen LogP contribution in [0.5, 0.6) is 0 Å². The minimum Gasteiger partial charge on any atom is -0.380 e. The number of aromatic nitrogens is 1. The van der Waals surface area contributed by atoms with E-state index in [-0.39, 0.29) is 18.2 Å². The molecule has 1 aromatic rings. The second-order valence-electron chi connectivity index (χ2n) is 4.14. The van der Waals surface area contributed by atoms with Crippen LogP contribution in [0.15, 0.2) is 6.20 Å². The van der Waals surface area contributed by atoms with Crippen molar-refractivity contribution in [3.8, 4) is 0 Å². The number of nitrogens with zero attached hydrogens (tertiary/aromatic N) is 1. The Morgan fingerprint density at radius 1 is 1.56 bits per heavy atom. The number of hydrogen-bond acceptors (Lipinski definition) is 4. The van der Waals surface area contributed by atoms with E-state index in [9.17, 15) is 4.79 Å². The van der Waals surface area contributed by atoms with E-state index in [0.29, 0.717) is 6.54 Å². The lowest BCUT2D eigenvalue weighted by Crippen LogP contribution is -2.40. The molecule has 0 saturated heterocycles. The third-order valence-electron chi connectivity index (χ3n) is 2.59. The van der Waals surface area contributed by atoms with E-state index in [0.717, 1.165) is 11.4 Å². The lowest BCUT2D eigenvalue weighted by Gasteiger charge is -2.14. The summed E-state index contributed by atoms with van der Waals surface area (Å²) in [5, 5.41) is 6.54. The maximum atomic E-state index is 11.6. The second kappa shape index (κ2) is 7.33. The number of carbonyl (C=O) groups is 1. The molecule has 2 amide bonds. The number of carbonyl (C=O) groups excluding carboxylic acids is 1. The van der Waals surface area contributed by atoms with E-state index in [2.05, 4.69) is 22.5 Å². The minimum atomic E-state index is -0.195. The molecule has 1 aromatic heterocycles. The number of hydrogen-bond donors (Lipinski definition) is 2. The van der Waals surface area contributed by atoms with Gasteiger partial charge in [-0.2, -0.15) is 0 Å². The zero-order valence-corrected chi connectivity index (χ0v) is 12.1. The first-order valence-electron chi connectivity index (χ1n) is 6.08. The van der Waals surface area contributed by atoms with Crippen LogP contribution in [0.1, 0.15) is 36.7 Å². The van der Waals surface area contributed by atoms with Crippen LogP contribution in [-0.4, -0.2) is 30.8 Å². The number of aryl methyl sites for hydroxylation is 1. The molecular weight excluding hydrogens is 250 g/mol. The molecule has 2 atom stereocenters. The third-order valence-corrected chi connectivity index (χ3v) is 3.91. The van der Waals surface area contributed by atoms with Gasteiger partial charge in [0.1, 0.15) is 5.01 Å². The summed E-state index contributed by atoms with van der Waals surface area (Å²) in [6.45, 7) is 6.41. The number of amides is 2. The van der Waals surface area contributed by atoms with Crippen LogP contribution in [0.2, 0.25) is 0 Å². The summed E-state index contributed by atoms with van der Waals surface area (Å²) < 4.78 is 5.06. The lowest BCUT2D eigenvalue weighted by atomic mass is 10.3. The fourth-order valence-corrected chi connectivity index (χ4v) is 2.17. The lowest BCUT2D eigenvalue weighted by molar-refractivity contribution is 0.118. The molecule has 2 N–H and O–H groups in total.